The van der Waals surface area contributed by atoms with Gasteiger partial charge in [0.2, 0.25) is 0 Å². The molecule has 0 aliphatic heterocycles. The number of nitrogens with one attached hydrogen (secondary N) is 2. The average molecular weight is 304 g/mol. The largest absolute Gasteiger partial charge is 0.394 e. The first-order valence-electron chi connectivity index (χ1n) is 7.00. The maximum Gasteiger partial charge on any atom is 0.315 e. The van der Waals surface area contributed by atoms with Crippen molar-refractivity contribution in [3.05, 3.63) is 57.8 Å². The molecule has 0 bridgehead atoms. The Hall–Kier alpha value is -1.85. The van der Waals surface area contributed by atoms with Crippen LogP contribution in [-0.2, 0) is 13.0 Å². The van der Waals surface area contributed by atoms with E-state index >= 15 is 0 Å². The molecule has 1 heterocycles. The van der Waals surface area contributed by atoms with Gasteiger partial charge in [0.15, 0.2) is 0 Å². The van der Waals surface area contributed by atoms with Crippen LogP contribution in [0.25, 0.3) is 0 Å². The van der Waals surface area contributed by atoms with E-state index in [1.54, 1.807) is 11.3 Å². The van der Waals surface area contributed by atoms with Crippen LogP contribution in [0.5, 0.6) is 0 Å². The van der Waals surface area contributed by atoms with Crippen LogP contribution in [0.3, 0.4) is 0 Å². The van der Waals surface area contributed by atoms with E-state index in [-0.39, 0.29) is 18.7 Å². The van der Waals surface area contributed by atoms with Gasteiger partial charge in [0.1, 0.15) is 0 Å². The summed E-state index contributed by atoms with van der Waals surface area (Å²) in [6, 6.07) is 12.9. The number of benzene rings is 1. The zero-order valence-electron chi connectivity index (χ0n) is 12.0. The van der Waals surface area contributed by atoms with Gasteiger partial charge >= 0.3 is 6.03 Å². The summed E-state index contributed by atoms with van der Waals surface area (Å²) in [6.45, 7) is 2.49. The molecule has 5 heteroatoms. The van der Waals surface area contributed by atoms with Crippen molar-refractivity contribution in [1.82, 2.24) is 10.6 Å². The number of urea groups is 1. The summed E-state index contributed by atoms with van der Waals surface area (Å²) in [5.74, 6) is 0. The Morgan fingerprint density at radius 3 is 2.52 bits per heavy atom. The van der Waals surface area contributed by atoms with Crippen LogP contribution in [-0.4, -0.2) is 17.7 Å². The molecule has 1 atom stereocenters. The molecule has 1 aromatic heterocycles. The molecular weight excluding hydrogens is 284 g/mol. The van der Waals surface area contributed by atoms with Crippen LogP contribution >= 0.6 is 11.3 Å². The Balaban J connectivity index is 1.85. The van der Waals surface area contributed by atoms with E-state index in [1.165, 1.54) is 4.88 Å². The number of hydrogen-bond acceptors (Lipinski definition) is 3. The molecule has 0 aliphatic carbocycles. The topological polar surface area (TPSA) is 61.4 Å². The second kappa shape index (κ2) is 7.81. The predicted octanol–water partition coefficient (Wildman–Crippen LogP) is 2.84. The van der Waals surface area contributed by atoms with Gasteiger partial charge in [-0.3, -0.25) is 0 Å². The molecule has 4 nitrogen and oxygen atoms in total. The van der Waals surface area contributed by atoms with E-state index in [4.69, 9.17) is 0 Å². The highest BCUT2D eigenvalue weighted by Gasteiger charge is 2.13. The number of aryl methyl sites for hydroxylation is 1. The molecule has 0 spiro atoms. The van der Waals surface area contributed by atoms with Crippen LogP contribution in [0.1, 0.15) is 28.3 Å². The van der Waals surface area contributed by atoms with Gasteiger partial charge in [0.25, 0.3) is 0 Å². The molecule has 0 aliphatic rings. The maximum absolute atomic E-state index is 11.9. The number of carbonyl (C=O) groups excluding carboxylic acids is 1. The molecule has 112 valence electrons. The molecule has 0 saturated carbocycles. The number of rotatable bonds is 6. The summed E-state index contributed by atoms with van der Waals surface area (Å²) in [7, 11) is 0. The lowest BCUT2D eigenvalue weighted by atomic mass is 10.1. The molecule has 1 aromatic carbocycles. The van der Waals surface area contributed by atoms with E-state index in [0.29, 0.717) is 6.54 Å². The molecule has 2 amide bonds. The standard InChI is InChI=1S/C16H20N2O2S/c1-2-13-8-9-14(21-13)10-17-16(20)18-15(11-19)12-6-4-3-5-7-12/h3-9,15,19H,2,10-11H2,1H3,(H2,17,18,20)/t15-/m1/s1. The smallest absolute Gasteiger partial charge is 0.315 e. The molecule has 2 aromatic rings. The van der Waals surface area contributed by atoms with E-state index < -0.39 is 0 Å². The van der Waals surface area contributed by atoms with E-state index in [9.17, 15) is 9.90 Å². The Kier molecular flexibility index (Phi) is 5.78. The molecule has 2 rings (SSSR count). The van der Waals surface area contributed by atoms with Crippen LogP contribution < -0.4 is 10.6 Å². The predicted molar refractivity (Wildman–Crippen MR) is 85.3 cm³/mol. The van der Waals surface area contributed by atoms with Gasteiger partial charge in [0.05, 0.1) is 19.2 Å². The molecule has 3 N–H and O–H groups in total. The fourth-order valence-electron chi connectivity index (χ4n) is 2.00. The average Bonchev–Trinajstić information content (AvgIpc) is 2.99. The SMILES string of the molecule is CCc1ccc(CNC(=O)N[C@H](CO)c2ccccc2)s1. The van der Waals surface area contributed by atoms with Gasteiger partial charge in [-0.15, -0.1) is 11.3 Å². The highest BCUT2D eigenvalue weighted by molar-refractivity contribution is 7.11. The monoisotopic (exact) mass is 304 g/mol. The first-order valence-corrected chi connectivity index (χ1v) is 7.82. The van der Waals surface area contributed by atoms with Crippen LogP contribution in [0.15, 0.2) is 42.5 Å². The Bertz CT molecular complexity index is 569. The summed E-state index contributed by atoms with van der Waals surface area (Å²) in [5.41, 5.74) is 0.888. The minimum absolute atomic E-state index is 0.129. The Morgan fingerprint density at radius 2 is 1.90 bits per heavy atom. The third-order valence-corrected chi connectivity index (χ3v) is 4.41. The van der Waals surface area contributed by atoms with Gasteiger partial charge in [0, 0.05) is 9.75 Å². The van der Waals surface area contributed by atoms with Crippen molar-refractivity contribution < 1.29 is 9.90 Å². The number of carbonyl (C=O) groups is 1. The Labute approximate surface area is 128 Å². The van der Waals surface area contributed by atoms with Crippen molar-refractivity contribution in [2.75, 3.05) is 6.61 Å². The fraction of sp³-hybridized carbons (Fsp3) is 0.312. The number of thiophene rings is 1. The quantitative estimate of drug-likeness (QED) is 0.768. The van der Waals surface area contributed by atoms with Crippen LogP contribution in [0.4, 0.5) is 4.79 Å². The van der Waals surface area contributed by atoms with Crippen molar-refractivity contribution in [2.45, 2.75) is 25.9 Å². The number of aliphatic hydroxyl groups is 1. The van der Waals surface area contributed by atoms with Crippen LogP contribution in [0, 0.1) is 0 Å². The Morgan fingerprint density at radius 1 is 1.19 bits per heavy atom. The van der Waals surface area contributed by atoms with E-state index in [2.05, 4.69) is 23.6 Å². The van der Waals surface area contributed by atoms with E-state index in [0.717, 1.165) is 16.9 Å². The van der Waals surface area contributed by atoms with Crippen molar-refractivity contribution >= 4 is 17.4 Å². The lowest BCUT2D eigenvalue weighted by molar-refractivity contribution is 0.216. The zero-order valence-corrected chi connectivity index (χ0v) is 12.8. The zero-order chi connectivity index (χ0) is 15.1. The molecule has 21 heavy (non-hydrogen) atoms. The molecule has 0 fully saturated rings. The van der Waals surface area contributed by atoms with E-state index in [1.807, 2.05) is 36.4 Å². The van der Waals surface area contributed by atoms with Crippen molar-refractivity contribution in [3.8, 4) is 0 Å². The first-order chi connectivity index (χ1) is 10.2. The third-order valence-electron chi connectivity index (χ3n) is 3.18. The second-order valence-electron chi connectivity index (χ2n) is 4.69. The number of hydrogen-bond donors (Lipinski definition) is 3. The third kappa shape index (κ3) is 4.58. The molecule has 0 saturated heterocycles. The van der Waals surface area contributed by atoms with Crippen molar-refractivity contribution in [2.24, 2.45) is 0 Å². The highest BCUT2D eigenvalue weighted by Crippen LogP contribution is 2.16. The number of amides is 2. The minimum atomic E-state index is -0.388. The van der Waals surface area contributed by atoms with Gasteiger partial charge in [-0.25, -0.2) is 4.79 Å². The summed E-state index contributed by atoms with van der Waals surface area (Å²) in [5, 5.41) is 15.0. The minimum Gasteiger partial charge on any atom is -0.394 e. The van der Waals surface area contributed by atoms with Gasteiger partial charge in [-0.2, -0.15) is 0 Å². The van der Waals surface area contributed by atoms with Crippen molar-refractivity contribution in [3.63, 3.8) is 0 Å². The van der Waals surface area contributed by atoms with Gasteiger partial charge in [-0.05, 0) is 24.1 Å². The highest BCUT2D eigenvalue weighted by atomic mass is 32.1. The summed E-state index contributed by atoms with van der Waals surface area (Å²) < 4.78 is 0. The molecular formula is C16H20N2O2S. The van der Waals surface area contributed by atoms with Gasteiger partial charge in [-0.1, -0.05) is 37.3 Å². The normalized spacial score (nSPS) is 11.9. The summed E-state index contributed by atoms with van der Waals surface area (Å²) in [4.78, 5) is 14.3. The lowest BCUT2D eigenvalue weighted by Gasteiger charge is -2.17. The first kappa shape index (κ1) is 15.5. The number of aliphatic hydroxyl groups excluding tert-OH is 1. The summed E-state index contributed by atoms with van der Waals surface area (Å²) in [6.07, 6.45) is 1.01. The van der Waals surface area contributed by atoms with Crippen molar-refractivity contribution in [1.29, 1.82) is 0 Å². The van der Waals surface area contributed by atoms with Gasteiger partial charge < -0.3 is 15.7 Å². The summed E-state index contributed by atoms with van der Waals surface area (Å²) >= 11 is 1.70. The lowest BCUT2D eigenvalue weighted by Crippen LogP contribution is -2.38. The fourth-order valence-corrected chi connectivity index (χ4v) is 2.90. The van der Waals surface area contributed by atoms with Crippen LogP contribution in [0.2, 0.25) is 0 Å². The molecule has 0 unspecified atom stereocenters. The molecule has 0 radical (unpaired) electrons. The maximum atomic E-state index is 11.9. The second-order valence-corrected chi connectivity index (χ2v) is 5.95.